The topological polar surface area (TPSA) is 32.3 Å². The molecule has 1 rings (SSSR count). The Labute approximate surface area is 131 Å². The highest BCUT2D eigenvalue weighted by molar-refractivity contribution is 5.88. The van der Waals surface area contributed by atoms with Crippen molar-refractivity contribution in [3.8, 4) is 0 Å². The number of amides is 1. The van der Waals surface area contributed by atoms with Crippen LogP contribution in [0.25, 0.3) is 0 Å². The van der Waals surface area contributed by atoms with Crippen LogP contribution in [0.1, 0.15) is 86.5 Å². The molecule has 1 saturated heterocycles. The monoisotopic (exact) mass is 296 g/mol. The van der Waals surface area contributed by atoms with E-state index in [-0.39, 0.29) is 11.7 Å². The van der Waals surface area contributed by atoms with E-state index in [9.17, 15) is 4.79 Å². The number of carbonyl (C=O) groups excluding carboxylic acids is 1. The Bertz CT molecular complexity index is 329. The molecule has 0 saturated carbocycles. The fourth-order valence-corrected chi connectivity index (χ4v) is 3.41. The van der Waals surface area contributed by atoms with E-state index in [2.05, 4.69) is 51.8 Å². The molecule has 0 spiro atoms. The van der Waals surface area contributed by atoms with Crippen molar-refractivity contribution in [3.05, 3.63) is 0 Å². The van der Waals surface area contributed by atoms with Crippen LogP contribution in [0.4, 0.5) is 0 Å². The first kappa shape index (κ1) is 18.5. The van der Waals surface area contributed by atoms with E-state index in [4.69, 9.17) is 0 Å². The number of rotatable bonds is 9. The number of hydrogen-bond donors (Lipinski definition) is 1. The molecule has 1 amide bonds. The van der Waals surface area contributed by atoms with Crippen LogP contribution in [0.3, 0.4) is 0 Å². The first-order chi connectivity index (χ1) is 9.89. The molecule has 0 aromatic carbocycles. The molecule has 0 aliphatic carbocycles. The predicted octanol–water partition coefficient (Wildman–Crippen LogP) is 4.32. The molecule has 1 N–H and O–H groups in total. The third kappa shape index (κ3) is 4.45. The van der Waals surface area contributed by atoms with Crippen LogP contribution >= 0.6 is 0 Å². The van der Waals surface area contributed by atoms with Crippen molar-refractivity contribution >= 4 is 5.91 Å². The molecule has 3 atom stereocenters. The first-order valence-corrected chi connectivity index (χ1v) is 9.00. The van der Waals surface area contributed by atoms with E-state index in [0.717, 1.165) is 32.1 Å². The summed E-state index contributed by atoms with van der Waals surface area (Å²) < 4.78 is 0. The number of unbranched alkanes of at least 4 members (excludes halogenated alkanes) is 1. The fourth-order valence-electron chi connectivity index (χ4n) is 3.41. The molecule has 1 aliphatic heterocycles. The SMILES string of the molecule is CCCCC(CCC)N1C(=O)C(C)(CC)NC1CC(C)C. The molecule has 1 fully saturated rings. The van der Waals surface area contributed by atoms with Crippen molar-refractivity contribution in [1.29, 1.82) is 0 Å². The molecule has 0 radical (unpaired) electrons. The second-order valence-corrected chi connectivity index (χ2v) is 7.27. The third-order valence-electron chi connectivity index (χ3n) is 4.84. The zero-order chi connectivity index (χ0) is 16.0. The van der Waals surface area contributed by atoms with Crippen molar-refractivity contribution in [3.63, 3.8) is 0 Å². The minimum atomic E-state index is -0.363. The Morgan fingerprint density at radius 3 is 2.33 bits per heavy atom. The summed E-state index contributed by atoms with van der Waals surface area (Å²) in [6.07, 6.45) is 7.97. The van der Waals surface area contributed by atoms with Crippen LogP contribution in [0.2, 0.25) is 0 Å². The second-order valence-electron chi connectivity index (χ2n) is 7.27. The van der Waals surface area contributed by atoms with Gasteiger partial charge in [0.2, 0.25) is 5.91 Å². The molecule has 21 heavy (non-hydrogen) atoms. The molecule has 124 valence electrons. The molecule has 0 aromatic heterocycles. The summed E-state index contributed by atoms with van der Waals surface area (Å²) in [5.41, 5.74) is -0.363. The van der Waals surface area contributed by atoms with Crippen LogP contribution in [0.15, 0.2) is 0 Å². The lowest BCUT2D eigenvalue weighted by atomic mass is 9.97. The lowest BCUT2D eigenvalue weighted by Crippen LogP contribution is -2.45. The largest absolute Gasteiger partial charge is 0.323 e. The summed E-state index contributed by atoms with van der Waals surface area (Å²) in [4.78, 5) is 15.2. The van der Waals surface area contributed by atoms with Crippen molar-refractivity contribution < 1.29 is 4.79 Å². The molecule has 3 unspecified atom stereocenters. The van der Waals surface area contributed by atoms with Crippen molar-refractivity contribution in [2.75, 3.05) is 0 Å². The van der Waals surface area contributed by atoms with Gasteiger partial charge in [-0.25, -0.2) is 0 Å². The quantitative estimate of drug-likeness (QED) is 0.687. The minimum absolute atomic E-state index is 0.218. The zero-order valence-corrected chi connectivity index (χ0v) is 15.0. The van der Waals surface area contributed by atoms with Gasteiger partial charge in [-0.15, -0.1) is 0 Å². The van der Waals surface area contributed by atoms with Gasteiger partial charge in [0.05, 0.1) is 11.7 Å². The highest BCUT2D eigenvalue weighted by Gasteiger charge is 2.48. The van der Waals surface area contributed by atoms with E-state index in [1.807, 2.05) is 0 Å². The fraction of sp³-hybridized carbons (Fsp3) is 0.944. The van der Waals surface area contributed by atoms with Gasteiger partial charge in [-0.3, -0.25) is 10.1 Å². The molecular weight excluding hydrogens is 260 g/mol. The molecular formula is C18H36N2O. The van der Waals surface area contributed by atoms with Gasteiger partial charge in [0.15, 0.2) is 0 Å². The van der Waals surface area contributed by atoms with Gasteiger partial charge in [-0.05, 0) is 38.5 Å². The van der Waals surface area contributed by atoms with E-state index in [0.29, 0.717) is 17.9 Å². The van der Waals surface area contributed by atoms with E-state index >= 15 is 0 Å². The Hall–Kier alpha value is -0.570. The van der Waals surface area contributed by atoms with Gasteiger partial charge in [-0.2, -0.15) is 0 Å². The van der Waals surface area contributed by atoms with E-state index in [1.165, 1.54) is 12.8 Å². The summed E-state index contributed by atoms with van der Waals surface area (Å²) in [7, 11) is 0. The summed E-state index contributed by atoms with van der Waals surface area (Å²) >= 11 is 0. The average Bonchev–Trinajstić information content (AvgIpc) is 2.67. The lowest BCUT2D eigenvalue weighted by molar-refractivity contribution is -0.135. The van der Waals surface area contributed by atoms with Gasteiger partial charge in [0.1, 0.15) is 0 Å². The second kappa shape index (κ2) is 8.17. The van der Waals surface area contributed by atoms with Gasteiger partial charge in [0.25, 0.3) is 0 Å². The van der Waals surface area contributed by atoms with E-state index < -0.39 is 0 Å². The lowest BCUT2D eigenvalue weighted by Gasteiger charge is -2.34. The molecule has 0 aromatic rings. The van der Waals surface area contributed by atoms with Crippen molar-refractivity contribution in [2.45, 2.75) is 104 Å². The Morgan fingerprint density at radius 1 is 1.19 bits per heavy atom. The summed E-state index contributed by atoms with van der Waals surface area (Å²) in [5.74, 6) is 0.927. The molecule has 1 heterocycles. The number of nitrogens with zero attached hydrogens (tertiary/aromatic N) is 1. The van der Waals surface area contributed by atoms with Crippen molar-refractivity contribution in [1.82, 2.24) is 10.2 Å². The summed E-state index contributed by atoms with van der Waals surface area (Å²) in [6, 6.07) is 0.409. The number of hydrogen-bond acceptors (Lipinski definition) is 2. The van der Waals surface area contributed by atoms with Crippen LogP contribution in [-0.2, 0) is 4.79 Å². The average molecular weight is 296 g/mol. The minimum Gasteiger partial charge on any atom is -0.323 e. The zero-order valence-electron chi connectivity index (χ0n) is 15.0. The van der Waals surface area contributed by atoms with Crippen LogP contribution in [0, 0.1) is 5.92 Å². The van der Waals surface area contributed by atoms with Gasteiger partial charge in [0, 0.05) is 6.04 Å². The van der Waals surface area contributed by atoms with Gasteiger partial charge >= 0.3 is 0 Å². The van der Waals surface area contributed by atoms with Crippen LogP contribution < -0.4 is 5.32 Å². The maximum Gasteiger partial charge on any atom is 0.244 e. The molecule has 0 bridgehead atoms. The van der Waals surface area contributed by atoms with Gasteiger partial charge in [-0.1, -0.05) is 53.9 Å². The number of carbonyl (C=O) groups is 1. The number of nitrogens with one attached hydrogen (secondary N) is 1. The summed E-state index contributed by atoms with van der Waals surface area (Å²) in [5, 5.41) is 3.64. The highest BCUT2D eigenvalue weighted by atomic mass is 16.2. The predicted molar refractivity (Wildman–Crippen MR) is 90.1 cm³/mol. The third-order valence-corrected chi connectivity index (χ3v) is 4.84. The summed E-state index contributed by atoms with van der Waals surface area (Å²) in [6.45, 7) is 13.1. The highest BCUT2D eigenvalue weighted by Crippen LogP contribution is 2.31. The van der Waals surface area contributed by atoms with Crippen LogP contribution in [0.5, 0.6) is 0 Å². The molecule has 3 nitrogen and oxygen atoms in total. The Kier molecular flexibility index (Phi) is 7.19. The maximum atomic E-state index is 13.0. The maximum absolute atomic E-state index is 13.0. The van der Waals surface area contributed by atoms with E-state index in [1.54, 1.807) is 0 Å². The van der Waals surface area contributed by atoms with Gasteiger partial charge < -0.3 is 4.90 Å². The standard InChI is InChI=1S/C18H36N2O/c1-7-10-12-15(11-8-2)20-16(13-14(4)5)19-18(6,9-3)17(20)21/h14-16,19H,7-13H2,1-6H3. The Balaban J connectivity index is 2.96. The Morgan fingerprint density at radius 2 is 1.86 bits per heavy atom. The first-order valence-electron chi connectivity index (χ1n) is 9.00. The van der Waals surface area contributed by atoms with Crippen LogP contribution in [-0.4, -0.2) is 28.6 Å². The molecule has 1 aliphatic rings. The smallest absolute Gasteiger partial charge is 0.244 e. The molecule has 3 heteroatoms. The van der Waals surface area contributed by atoms with Crippen molar-refractivity contribution in [2.24, 2.45) is 5.92 Å². The normalized spacial score (nSPS) is 27.7.